The summed E-state index contributed by atoms with van der Waals surface area (Å²) in [6.45, 7) is 1.93. The van der Waals surface area contributed by atoms with Crippen LogP contribution in [0, 0.1) is 23.0 Å². The van der Waals surface area contributed by atoms with Gasteiger partial charge < -0.3 is 20.7 Å². The van der Waals surface area contributed by atoms with Crippen molar-refractivity contribution in [2.45, 2.75) is 62.1 Å². The molecular formula is C32H29F6N7OS. The van der Waals surface area contributed by atoms with Gasteiger partial charge >= 0.3 is 12.2 Å². The van der Waals surface area contributed by atoms with Crippen LogP contribution in [0.2, 0.25) is 0 Å². The monoisotopic (exact) mass is 673 g/mol. The van der Waals surface area contributed by atoms with Gasteiger partial charge in [-0.15, -0.1) is 11.3 Å². The molecule has 4 unspecified atom stereocenters. The van der Waals surface area contributed by atoms with Gasteiger partial charge in [-0.2, -0.15) is 28.4 Å². The standard InChI is InChI=1S/C32H29F6N7OS/c33-15-9-31(6-1-7-45(31)11-15)14-46-30-42-26-19(29(43-30)44-12-16-2-3-17(13-44)41-16)8-21(32(36,37)38)24(25(26)35)18-4-5-22(34)27-23(18)20(10-39)28(40)47-27/h4-5,8,15-17,41H,1-3,6-7,9,11-14,40H2. The maximum absolute atomic E-state index is 17.0. The molecule has 47 heavy (non-hydrogen) atoms. The van der Waals surface area contributed by atoms with E-state index in [1.54, 1.807) is 0 Å². The number of thiophene rings is 1. The summed E-state index contributed by atoms with van der Waals surface area (Å²) >= 11 is 0.705. The van der Waals surface area contributed by atoms with Crippen LogP contribution in [-0.4, -0.2) is 71.4 Å². The van der Waals surface area contributed by atoms with Gasteiger partial charge in [0.25, 0.3) is 0 Å². The molecule has 15 heteroatoms. The van der Waals surface area contributed by atoms with E-state index in [9.17, 15) is 27.2 Å². The molecule has 4 atom stereocenters. The SMILES string of the molecule is N#Cc1c(N)sc2c(F)ccc(-c3c(C(F)(F)F)cc4c(N5CC6CCC(C5)N6)nc(OCC56CCCN5CC(F)C6)nc4c3F)c12. The molecule has 6 heterocycles. The molecule has 246 valence electrons. The molecule has 4 aromatic rings. The Morgan fingerprint density at radius 2 is 1.91 bits per heavy atom. The Labute approximate surface area is 269 Å². The van der Waals surface area contributed by atoms with Crippen molar-refractivity contribution in [1.29, 1.82) is 5.26 Å². The van der Waals surface area contributed by atoms with E-state index in [0.717, 1.165) is 44.0 Å². The number of rotatable bonds is 5. The minimum Gasteiger partial charge on any atom is -0.461 e. The molecule has 4 aliphatic rings. The van der Waals surface area contributed by atoms with Crippen LogP contribution in [0.25, 0.3) is 32.1 Å². The number of benzene rings is 2. The van der Waals surface area contributed by atoms with Crippen molar-refractivity contribution < 1.29 is 31.1 Å². The van der Waals surface area contributed by atoms with Crippen LogP contribution in [0.5, 0.6) is 6.01 Å². The summed E-state index contributed by atoms with van der Waals surface area (Å²) in [7, 11) is 0. The number of halogens is 6. The number of hydrogen-bond acceptors (Lipinski definition) is 9. The second-order valence-electron chi connectivity index (χ2n) is 13.0. The third-order valence-electron chi connectivity index (χ3n) is 10.1. The van der Waals surface area contributed by atoms with Gasteiger partial charge in [0.05, 0.1) is 21.4 Å². The van der Waals surface area contributed by atoms with E-state index in [1.807, 2.05) is 15.9 Å². The number of nitrogens with zero attached hydrogens (tertiary/aromatic N) is 5. The van der Waals surface area contributed by atoms with Gasteiger partial charge in [0.1, 0.15) is 41.0 Å². The van der Waals surface area contributed by atoms with Crippen molar-refractivity contribution in [3.8, 4) is 23.2 Å². The minimum atomic E-state index is -5.05. The number of anilines is 2. The summed E-state index contributed by atoms with van der Waals surface area (Å²) in [5.41, 5.74) is 2.21. The van der Waals surface area contributed by atoms with Crippen molar-refractivity contribution in [3.63, 3.8) is 0 Å². The average Bonchev–Trinajstić information content (AvgIpc) is 3.76. The Hall–Kier alpha value is -3.87. The van der Waals surface area contributed by atoms with Crippen LogP contribution in [-0.2, 0) is 6.18 Å². The molecule has 0 aliphatic carbocycles. The number of nitrogens with two attached hydrogens (primary N) is 1. The van der Waals surface area contributed by atoms with Gasteiger partial charge in [0.15, 0.2) is 5.82 Å². The number of fused-ring (bicyclic) bond motifs is 5. The van der Waals surface area contributed by atoms with Crippen LogP contribution in [0.1, 0.15) is 43.2 Å². The molecule has 2 bridgehead atoms. The lowest BCUT2D eigenvalue weighted by atomic mass is 9.92. The van der Waals surface area contributed by atoms with E-state index >= 15 is 4.39 Å². The van der Waals surface area contributed by atoms with Gasteiger partial charge in [-0.1, -0.05) is 6.07 Å². The molecule has 2 aromatic heterocycles. The van der Waals surface area contributed by atoms with Crippen molar-refractivity contribution >= 4 is 43.1 Å². The second-order valence-corrected chi connectivity index (χ2v) is 14.0. The van der Waals surface area contributed by atoms with Gasteiger partial charge in [0.2, 0.25) is 0 Å². The molecule has 3 N–H and O–H groups in total. The number of hydrogen-bond donors (Lipinski definition) is 2. The molecular weight excluding hydrogens is 644 g/mol. The predicted octanol–water partition coefficient (Wildman–Crippen LogP) is 6.16. The Bertz CT molecular complexity index is 1970. The number of ether oxygens (including phenoxy) is 1. The summed E-state index contributed by atoms with van der Waals surface area (Å²) in [4.78, 5) is 12.8. The van der Waals surface area contributed by atoms with Crippen molar-refractivity contribution in [2.24, 2.45) is 0 Å². The van der Waals surface area contributed by atoms with Crippen LogP contribution < -0.4 is 20.7 Å². The first kappa shape index (κ1) is 30.5. The molecule has 2 aromatic carbocycles. The van der Waals surface area contributed by atoms with E-state index in [-0.39, 0.29) is 68.5 Å². The molecule has 4 saturated heterocycles. The molecule has 4 fully saturated rings. The first-order valence-corrected chi connectivity index (χ1v) is 16.3. The van der Waals surface area contributed by atoms with Crippen molar-refractivity contribution in [2.75, 3.05) is 43.4 Å². The van der Waals surface area contributed by atoms with E-state index in [2.05, 4.69) is 15.3 Å². The molecule has 0 spiro atoms. The number of alkyl halides is 4. The molecule has 4 aliphatic heterocycles. The Morgan fingerprint density at radius 3 is 2.64 bits per heavy atom. The molecule has 0 saturated carbocycles. The Balaban J connectivity index is 1.34. The highest BCUT2D eigenvalue weighted by molar-refractivity contribution is 7.23. The maximum Gasteiger partial charge on any atom is 0.417 e. The normalized spacial score (nSPS) is 26.0. The first-order valence-electron chi connectivity index (χ1n) is 15.5. The van der Waals surface area contributed by atoms with Crippen LogP contribution in [0.4, 0.5) is 37.2 Å². The molecule has 8 nitrogen and oxygen atoms in total. The van der Waals surface area contributed by atoms with Gasteiger partial charge in [-0.05, 0) is 49.9 Å². The van der Waals surface area contributed by atoms with E-state index in [0.29, 0.717) is 37.4 Å². The zero-order valence-corrected chi connectivity index (χ0v) is 25.7. The minimum absolute atomic E-state index is 0.0403. The smallest absolute Gasteiger partial charge is 0.417 e. The summed E-state index contributed by atoms with van der Waals surface area (Å²) in [6, 6.07) is 4.56. The number of nitrogens with one attached hydrogen (secondary N) is 1. The third kappa shape index (κ3) is 4.86. The number of aromatic nitrogens is 2. The fourth-order valence-electron chi connectivity index (χ4n) is 8.11. The maximum atomic E-state index is 17.0. The highest BCUT2D eigenvalue weighted by Gasteiger charge is 2.49. The lowest BCUT2D eigenvalue weighted by Crippen LogP contribution is -2.51. The summed E-state index contributed by atoms with van der Waals surface area (Å²) in [5, 5.41) is 12.8. The highest BCUT2D eigenvalue weighted by atomic mass is 32.1. The predicted molar refractivity (Wildman–Crippen MR) is 165 cm³/mol. The Kier molecular flexibility index (Phi) is 7.02. The lowest BCUT2D eigenvalue weighted by molar-refractivity contribution is -0.137. The summed E-state index contributed by atoms with van der Waals surface area (Å²) < 4.78 is 96.9. The second kappa shape index (κ2) is 10.8. The van der Waals surface area contributed by atoms with Gasteiger partial charge in [0, 0.05) is 54.5 Å². The quantitative estimate of drug-likeness (QED) is 0.243. The van der Waals surface area contributed by atoms with Crippen molar-refractivity contribution in [1.82, 2.24) is 20.2 Å². The zero-order valence-electron chi connectivity index (χ0n) is 24.9. The van der Waals surface area contributed by atoms with E-state index in [1.165, 1.54) is 0 Å². The Morgan fingerprint density at radius 1 is 1.15 bits per heavy atom. The first-order chi connectivity index (χ1) is 22.5. The highest BCUT2D eigenvalue weighted by Crippen LogP contribution is 2.48. The molecule has 0 radical (unpaired) electrons. The number of nitriles is 1. The topological polar surface area (TPSA) is 103 Å². The largest absolute Gasteiger partial charge is 0.461 e. The van der Waals surface area contributed by atoms with Crippen LogP contribution >= 0.6 is 11.3 Å². The van der Waals surface area contributed by atoms with E-state index < -0.39 is 46.2 Å². The van der Waals surface area contributed by atoms with Crippen LogP contribution in [0.15, 0.2) is 18.2 Å². The summed E-state index contributed by atoms with van der Waals surface area (Å²) in [5.74, 6) is -2.00. The number of nitrogen functional groups attached to an aromatic ring is 1. The van der Waals surface area contributed by atoms with Gasteiger partial charge in [-0.25, -0.2) is 13.2 Å². The zero-order chi connectivity index (χ0) is 32.8. The molecule has 0 amide bonds. The van der Waals surface area contributed by atoms with E-state index in [4.69, 9.17) is 10.5 Å². The fourth-order valence-corrected chi connectivity index (χ4v) is 9.06. The fraction of sp³-hybridized carbons (Fsp3) is 0.469. The lowest BCUT2D eigenvalue weighted by Gasteiger charge is -2.35. The van der Waals surface area contributed by atoms with Gasteiger partial charge in [-0.3, -0.25) is 4.90 Å². The molecule has 8 rings (SSSR count). The number of piperazine rings is 1. The third-order valence-corrected chi connectivity index (χ3v) is 11.2. The van der Waals surface area contributed by atoms with Crippen LogP contribution in [0.3, 0.4) is 0 Å². The van der Waals surface area contributed by atoms with Crippen molar-refractivity contribution in [3.05, 3.63) is 41.0 Å². The summed E-state index contributed by atoms with van der Waals surface area (Å²) in [6.07, 6.45) is -2.46. The average molecular weight is 674 g/mol.